The van der Waals surface area contributed by atoms with Crippen molar-refractivity contribution in [1.29, 1.82) is 0 Å². The minimum atomic E-state index is -0.452. The van der Waals surface area contributed by atoms with Gasteiger partial charge in [-0.25, -0.2) is 9.18 Å². The molecule has 7 heteroatoms. The van der Waals surface area contributed by atoms with E-state index in [1.54, 1.807) is 18.4 Å². The van der Waals surface area contributed by atoms with Gasteiger partial charge in [0.15, 0.2) is 0 Å². The van der Waals surface area contributed by atoms with Crippen molar-refractivity contribution in [2.45, 2.75) is 31.8 Å². The predicted octanol–water partition coefficient (Wildman–Crippen LogP) is 2.41. The summed E-state index contributed by atoms with van der Waals surface area (Å²) in [5.74, 6) is 0.339. The molecule has 1 atom stereocenters. The Labute approximate surface area is 144 Å². The molecule has 6 nitrogen and oxygen atoms in total. The molecule has 0 spiro atoms. The van der Waals surface area contributed by atoms with Crippen LogP contribution in [0.15, 0.2) is 41.0 Å². The number of hydrogen-bond donors (Lipinski definition) is 3. The highest BCUT2D eigenvalue weighted by Crippen LogP contribution is 2.30. The highest BCUT2D eigenvalue weighted by Gasteiger charge is 2.23. The van der Waals surface area contributed by atoms with E-state index in [9.17, 15) is 14.0 Å². The SMILES string of the molecule is O=C(CNC(=O)NCc1ccc(F)cc1)NC1CCCc2occc21. The monoisotopic (exact) mass is 345 g/mol. The molecule has 0 radical (unpaired) electrons. The topological polar surface area (TPSA) is 83.4 Å². The Morgan fingerprint density at radius 1 is 1.16 bits per heavy atom. The molecule has 1 aromatic carbocycles. The minimum absolute atomic E-state index is 0.0703. The average Bonchev–Trinajstić information content (AvgIpc) is 3.09. The first-order valence-electron chi connectivity index (χ1n) is 8.23. The van der Waals surface area contributed by atoms with Crippen LogP contribution in [0.3, 0.4) is 0 Å². The molecule has 3 rings (SSSR count). The standard InChI is InChI=1S/C18H20FN3O3/c19-13-6-4-12(5-7-13)10-20-18(24)21-11-17(23)22-15-2-1-3-16-14(15)8-9-25-16/h4-9,15H,1-3,10-11H2,(H,22,23)(H2,20,21,24). The molecule has 0 bridgehead atoms. The molecule has 1 aliphatic carbocycles. The lowest BCUT2D eigenvalue weighted by atomic mass is 9.93. The van der Waals surface area contributed by atoms with E-state index < -0.39 is 6.03 Å². The molecule has 3 amide bonds. The van der Waals surface area contributed by atoms with Crippen LogP contribution in [0.2, 0.25) is 0 Å². The summed E-state index contributed by atoms with van der Waals surface area (Å²) in [6.07, 6.45) is 4.33. The summed E-state index contributed by atoms with van der Waals surface area (Å²) in [6, 6.07) is 7.20. The van der Waals surface area contributed by atoms with E-state index in [0.717, 1.165) is 36.1 Å². The molecule has 1 aromatic heterocycles. The van der Waals surface area contributed by atoms with Crippen LogP contribution in [0.1, 0.15) is 35.8 Å². The lowest BCUT2D eigenvalue weighted by molar-refractivity contribution is -0.120. The molecule has 1 aliphatic rings. The molecule has 1 heterocycles. The second kappa shape index (κ2) is 7.83. The third-order valence-corrected chi connectivity index (χ3v) is 4.16. The van der Waals surface area contributed by atoms with Gasteiger partial charge < -0.3 is 20.4 Å². The maximum absolute atomic E-state index is 12.8. The van der Waals surface area contributed by atoms with Crippen molar-refractivity contribution in [1.82, 2.24) is 16.0 Å². The number of hydrogen-bond acceptors (Lipinski definition) is 3. The van der Waals surface area contributed by atoms with Crippen LogP contribution in [0.5, 0.6) is 0 Å². The van der Waals surface area contributed by atoms with Crippen molar-refractivity contribution >= 4 is 11.9 Å². The minimum Gasteiger partial charge on any atom is -0.469 e. The quantitative estimate of drug-likeness (QED) is 0.778. The third kappa shape index (κ3) is 4.59. The zero-order chi connectivity index (χ0) is 17.6. The number of halogens is 1. The zero-order valence-corrected chi connectivity index (χ0v) is 13.7. The normalized spacial score (nSPS) is 16.0. The van der Waals surface area contributed by atoms with Gasteiger partial charge in [-0.05, 0) is 36.6 Å². The summed E-state index contributed by atoms with van der Waals surface area (Å²) in [5, 5.41) is 8.05. The fraction of sp³-hybridized carbons (Fsp3) is 0.333. The highest BCUT2D eigenvalue weighted by molar-refractivity contribution is 5.84. The van der Waals surface area contributed by atoms with Gasteiger partial charge in [0.1, 0.15) is 11.6 Å². The van der Waals surface area contributed by atoms with Crippen LogP contribution < -0.4 is 16.0 Å². The molecule has 0 saturated heterocycles. The lowest BCUT2D eigenvalue weighted by Gasteiger charge is -2.22. The summed E-state index contributed by atoms with van der Waals surface area (Å²) in [4.78, 5) is 23.8. The number of amides is 3. The maximum Gasteiger partial charge on any atom is 0.315 e. The van der Waals surface area contributed by atoms with E-state index in [2.05, 4.69) is 16.0 Å². The summed E-state index contributed by atoms with van der Waals surface area (Å²) < 4.78 is 18.2. The van der Waals surface area contributed by atoms with Gasteiger partial charge in [0.25, 0.3) is 0 Å². The Balaban J connectivity index is 1.40. The van der Waals surface area contributed by atoms with Crippen molar-refractivity contribution in [3.63, 3.8) is 0 Å². The fourth-order valence-corrected chi connectivity index (χ4v) is 2.89. The largest absolute Gasteiger partial charge is 0.469 e. The number of aryl methyl sites for hydroxylation is 1. The first-order chi connectivity index (χ1) is 12.1. The van der Waals surface area contributed by atoms with Gasteiger partial charge in [-0.2, -0.15) is 0 Å². The van der Waals surface area contributed by atoms with E-state index in [-0.39, 0.29) is 30.9 Å². The fourth-order valence-electron chi connectivity index (χ4n) is 2.89. The van der Waals surface area contributed by atoms with Crippen LogP contribution in [0.25, 0.3) is 0 Å². The van der Waals surface area contributed by atoms with Crippen LogP contribution in [0, 0.1) is 5.82 Å². The van der Waals surface area contributed by atoms with Crippen molar-refractivity contribution in [2.75, 3.05) is 6.54 Å². The van der Waals surface area contributed by atoms with E-state index in [0.29, 0.717) is 0 Å². The number of carbonyl (C=O) groups excluding carboxylic acids is 2. The molecular weight excluding hydrogens is 325 g/mol. The number of nitrogens with one attached hydrogen (secondary N) is 3. The van der Waals surface area contributed by atoms with Gasteiger partial charge >= 0.3 is 6.03 Å². The Morgan fingerprint density at radius 2 is 1.96 bits per heavy atom. The van der Waals surface area contributed by atoms with Gasteiger partial charge in [0.05, 0.1) is 18.8 Å². The Hall–Kier alpha value is -2.83. The summed E-state index contributed by atoms with van der Waals surface area (Å²) in [5.41, 5.74) is 1.79. The van der Waals surface area contributed by atoms with Gasteiger partial charge in [-0.15, -0.1) is 0 Å². The van der Waals surface area contributed by atoms with Gasteiger partial charge in [-0.3, -0.25) is 4.79 Å². The van der Waals surface area contributed by atoms with Crippen molar-refractivity contribution in [2.24, 2.45) is 0 Å². The second-order valence-corrected chi connectivity index (χ2v) is 5.97. The third-order valence-electron chi connectivity index (χ3n) is 4.16. The summed E-state index contributed by atoms with van der Waals surface area (Å²) in [6.45, 7) is 0.147. The molecule has 0 fully saturated rings. The highest BCUT2D eigenvalue weighted by atomic mass is 19.1. The Kier molecular flexibility index (Phi) is 5.33. The Morgan fingerprint density at radius 3 is 2.76 bits per heavy atom. The molecule has 132 valence electrons. The molecule has 1 unspecified atom stereocenters. The van der Waals surface area contributed by atoms with E-state index in [1.165, 1.54) is 12.1 Å². The molecule has 3 N–H and O–H groups in total. The molecule has 0 aliphatic heterocycles. The summed E-state index contributed by atoms with van der Waals surface area (Å²) >= 11 is 0. The van der Waals surface area contributed by atoms with E-state index in [1.807, 2.05) is 6.07 Å². The summed E-state index contributed by atoms with van der Waals surface area (Å²) in [7, 11) is 0. The lowest BCUT2D eigenvalue weighted by Crippen LogP contribution is -2.43. The van der Waals surface area contributed by atoms with Crippen molar-refractivity contribution in [3.05, 3.63) is 59.3 Å². The smallest absolute Gasteiger partial charge is 0.315 e. The van der Waals surface area contributed by atoms with Crippen molar-refractivity contribution < 1.29 is 18.4 Å². The predicted molar refractivity (Wildman–Crippen MR) is 89.2 cm³/mol. The van der Waals surface area contributed by atoms with Crippen LogP contribution >= 0.6 is 0 Å². The number of fused-ring (bicyclic) bond motifs is 1. The van der Waals surface area contributed by atoms with Gasteiger partial charge in [0.2, 0.25) is 5.91 Å². The second-order valence-electron chi connectivity index (χ2n) is 5.97. The molecule has 0 saturated carbocycles. The van der Waals surface area contributed by atoms with Crippen LogP contribution in [0.4, 0.5) is 9.18 Å². The first kappa shape index (κ1) is 17.0. The van der Waals surface area contributed by atoms with Crippen molar-refractivity contribution in [3.8, 4) is 0 Å². The van der Waals surface area contributed by atoms with Crippen LogP contribution in [-0.4, -0.2) is 18.5 Å². The molecular formula is C18H20FN3O3. The molecule has 2 aromatic rings. The van der Waals surface area contributed by atoms with E-state index >= 15 is 0 Å². The maximum atomic E-state index is 12.8. The van der Waals surface area contributed by atoms with Crippen LogP contribution in [-0.2, 0) is 17.8 Å². The van der Waals surface area contributed by atoms with E-state index in [4.69, 9.17) is 4.42 Å². The number of carbonyl (C=O) groups is 2. The number of rotatable bonds is 5. The number of furan rings is 1. The zero-order valence-electron chi connectivity index (χ0n) is 13.7. The number of benzene rings is 1. The molecule has 25 heavy (non-hydrogen) atoms. The van der Waals surface area contributed by atoms with Gasteiger partial charge in [0, 0.05) is 18.5 Å². The van der Waals surface area contributed by atoms with Gasteiger partial charge in [-0.1, -0.05) is 12.1 Å². The first-order valence-corrected chi connectivity index (χ1v) is 8.23. The Bertz CT molecular complexity index is 742. The average molecular weight is 345 g/mol. The number of urea groups is 1.